The van der Waals surface area contributed by atoms with Crippen LogP contribution in [-0.2, 0) is 9.59 Å². The van der Waals surface area contributed by atoms with E-state index in [1.807, 2.05) is 40.1 Å². The second kappa shape index (κ2) is 11.2. The zero-order valence-electron chi connectivity index (χ0n) is 16.6. The number of nitrogens with one attached hydrogen (secondary N) is 1. The van der Waals surface area contributed by atoms with Crippen LogP contribution < -0.4 is 5.32 Å². The van der Waals surface area contributed by atoms with Gasteiger partial charge in [-0.1, -0.05) is 42.5 Å². The van der Waals surface area contributed by atoms with Crippen LogP contribution in [-0.4, -0.2) is 64.3 Å². The molecular weight excluding hydrogens is 421 g/mol. The van der Waals surface area contributed by atoms with E-state index in [0.717, 1.165) is 22.7 Å². The fraction of sp³-hybridized carbons (Fsp3) is 0.318. The molecule has 1 aliphatic rings. The van der Waals surface area contributed by atoms with Crippen LogP contribution in [0.3, 0.4) is 0 Å². The predicted molar refractivity (Wildman–Crippen MR) is 123 cm³/mol. The zero-order valence-corrected chi connectivity index (χ0v) is 18.2. The number of amides is 2. The summed E-state index contributed by atoms with van der Waals surface area (Å²) in [6.07, 6.45) is 0.809. The largest absolute Gasteiger partial charge is 0.341 e. The van der Waals surface area contributed by atoms with Gasteiger partial charge in [-0.25, -0.2) is 4.39 Å². The average Bonchev–Trinajstić information content (AvgIpc) is 2.99. The van der Waals surface area contributed by atoms with E-state index in [2.05, 4.69) is 5.32 Å². The molecule has 0 unspecified atom stereocenters. The van der Waals surface area contributed by atoms with E-state index < -0.39 is 0 Å². The number of carbonyl (C=O) groups is 2. The van der Waals surface area contributed by atoms with Crippen molar-refractivity contribution in [3.8, 4) is 0 Å². The zero-order chi connectivity index (χ0) is 21.3. The molecule has 2 aromatic rings. The number of thiocarbonyl (C=S) groups is 1. The molecule has 1 saturated heterocycles. The van der Waals surface area contributed by atoms with Gasteiger partial charge >= 0.3 is 0 Å². The molecule has 0 spiro atoms. The average molecular weight is 446 g/mol. The third kappa shape index (κ3) is 6.90. The number of nitrogens with zero attached hydrogens (tertiary/aromatic N) is 2. The molecule has 0 atom stereocenters. The second-order valence-corrected chi connectivity index (χ2v) is 8.66. The molecule has 1 heterocycles. The Labute approximate surface area is 185 Å². The van der Waals surface area contributed by atoms with Crippen LogP contribution in [0.25, 0.3) is 0 Å². The Morgan fingerprint density at radius 2 is 1.73 bits per heavy atom. The van der Waals surface area contributed by atoms with Gasteiger partial charge in [0.05, 0.1) is 16.5 Å². The summed E-state index contributed by atoms with van der Waals surface area (Å²) < 4.78 is 13.7. The Morgan fingerprint density at radius 1 is 1.00 bits per heavy atom. The van der Waals surface area contributed by atoms with E-state index in [0.29, 0.717) is 31.1 Å². The third-order valence-electron chi connectivity index (χ3n) is 4.77. The maximum Gasteiger partial charge on any atom is 0.238 e. The molecule has 158 valence electrons. The minimum atomic E-state index is -0.340. The second-order valence-electron chi connectivity index (χ2n) is 7.01. The third-order valence-corrected chi connectivity index (χ3v) is 6.25. The number of benzene rings is 2. The van der Waals surface area contributed by atoms with Gasteiger partial charge in [-0.05, 0) is 36.2 Å². The Balaban J connectivity index is 1.42. The number of halogens is 1. The molecule has 1 fully saturated rings. The minimum absolute atomic E-state index is 0.0656. The molecule has 0 aromatic heterocycles. The molecule has 0 saturated carbocycles. The maximum atomic E-state index is 13.0. The van der Waals surface area contributed by atoms with Gasteiger partial charge in [0.2, 0.25) is 11.8 Å². The van der Waals surface area contributed by atoms with Crippen molar-refractivity contribution in [2.24, 2.45) is 0 Å². The SMILES string of the molecule is O=C(CN1CCCN(C(=O)CSC(=S)c2ccccc2)CC1)Nc1ccc(F)cc1. The van der Waals surface area contributed by atoms with E-state index in [1.165, 1.54) is 36.0 Å². The summed E-state index contributed by atoms with van der Waals surface area (Å²) >= 11 is 6.80. The molecule has 30 heavy (non-hydrogen) atoms. The highest BCUT2D eigenvalue weighted by Gasteiger charge is 2.21. The molecule has 2 amide bonds. The van der Waals surface area contributed by atoms with Crippen LogP contribution in [0, 0.1) is 5.82 Å². The summed E-state index contributed by atoms with van der Waals surface area (Å²) in [6, 6.07) is 15.4. The number of carbonyl (C=O) groups excluding carboxylic acids is 2. The van der Waals surface area contributed by atoms with Crippen LogP contribution in [0.15, 0.2) is 54.6 Å². The molecular formula is C22H24FN3O2S2. The lowest BCUT2D eigenvalue weighted by Crippen LogP contribution is -2.38. The summed E-state index contributed by atoms with van der Waals surface area (Å²) in [5.41, 5.74) is 1.53. The van der Waals surface area contributed by atoms with Gasteiger partial charge in [-0.3, -0.25) is 14.5 Å². The van der Waals surface area contributed by atoms with Crippen molar-refractivity contribution >= 4 is 45.7 Å². The Kier molecular flexibility index (Phi) is 8.36. The number of thioether (sulfide) groups is 1. The number of rotatable bonds is 6. The Bertz CT molecular complexity index is 878. The molecule has 0 radical (unpaired) electrons. The minimum Gasteiger partial charge on any atom is -0.341 e. The molecule has 5 nitrogen and oxygen atoms in total. The van der Waals surface area contributed by atoms with Crippen LogP contribution in [0.5, 0.6) is 0 Å². The molecule has 1 aliphatic heterocycles. The first kappa shape index (κ1) is 22.4. The maximum absolute atomic E-state index is 13.0. The Hall–Kier alpha value is -2.29. The molecule has 8 heteroatoms. The van der Waals surface area contributed by atoms with E-state index in [4.69, 9.17) is 12.2 Å². The van der Waals surface area contributed by atoms with Crippen molar-refractivity contribution in [2.45, 2.75) is 6.42 Å². The van der Waals surface area contributed by atoms with Crippen molar-refractivity contribution in [1.82, 2.24) is 9.80 Å². The summed E-state index contributed by atoms with van der Waals surface area (Å²) in [5, 5.41) is 2.77. The van der Waals surface area contributed by atoms with Gasteiger partial charge in [0, 0.05) is 31.9 Å². The van der Waals surface area contributed by atoms with E-state index >= 15 is 0 Å². The number of anilines is 1. The summed E-state index contributed by atoms with van der Waals surface area (Å²) in [4.78, 5) is 28.7. The monoisotopic (exact) mass is 445 g/mol. The predicted octanol–water partition coefficient (Wildman–Crippen LogP) is 3.41. The van der Waals surface area contributed by atoms with Crippen LogP contribution in [0.4, 0.5) is 10.1 Å². The van der Waals surface area contributed by atoms with Crippen molar-refractivity contribution in [3.05, 3.63) is 66.0 Å². The normalized spacial score (nSPS) is 14.8. The van der Waals surface area contributed by atoms with Crippen molar-refractivity contribution < 1.29 is 14.0 Å². The first-order valence-electron chi connectivity index (χ1n) is 9.79. The van der Waals surface area contributed by atoms with Gasteiger partial charge in [0.25, 0.3) is 0 Å². The topological polar surface area (TPSA) is 52.7 Å². The lowest BCUT2D eigenvalue weighted by atomic mass is 10.2. The summed E-state index contributed by atoms with van der Waals surface area (Å²) in [7, 11) is 0. The van der Waals surface area contributed by atoms with E-state index in [-0.39, 0.29) is 24.2 Å². The molecule has 1 N–H and O–H groups in total. The smallest absolute Gasteiger partial charge is 0.238 e. The van der Waals surface area contributed by atoms with Gasteiger partial charge in [0.15, 0.2) is 0 Å². The highest BCUT2D eigenvalue weighted by atomic mass is 32.2. The molecule has 0 bridgehead atoms. The molecule has 3 rings (SSSR count). The molecule has 0 aliphatic carbocycles. The van der Waals surface area contributed by atoms with Crippen molar-refractivity contribution in [2.75, 3.05) is 43.8 Å². The summed E-state index contributed by atoms with van der Waals surface area (Å²) in [6.45, 7) is 2.88. The van der Waals surface area contributed by atoms with E-state index in [1.54, 1.807) is 0 Å². The highest BCUT2D eigenvalue weighted by Crippen LogP contribution is 2.15. The lowest BCUT2D eigenvalue weighted by molar-refractivity contribution is -0.128. The molecule has 2 aromatic carbocycles. The first-order chi connectivity index (χ1) is 14.5. The fourth-order valence-corrected chi connectivity index (χ4v) is 4.24. The Morgan fingerprint density at radius 3 is 2.47 bits per heavy atom. The van der Waals surface area contributed by atoms with E-state index in [9.17, 15) is 14.0 Å². The quantitative estimate of drug-likeness (QED) is 0.691. The van der Waals surface area contributed by atoms with Gasteiger partial charge < -0.3 is 10.2 Å². The van der Waals surface area contributed by atoms with Crippen molar-refractivity contribution in [3.63, 3.8) is 0 Å². The van der Waals surface area contributed by atoms with Crippen molar-refractivity contribution in [1.29, 1.82) is 0 Å². The summed E-state index contributed by atoms with van der Waals surface area (Å²) in [5.74, 6) is -0.104. The lowest BCUT2D eigenvalue weighted by Gasteiger charge is -2.21. The first-order valence-corrected chi connectivity index (χ1v) is 11.2. The number of hydrogen-bond donors (Lipinski definition) is 1. The van der Waals surface area contributed by atoms with Gasteiger partial charge in [0.1, 0.15) is 5.82 Å². The fourth-order valence-electron chi connectivity index (χ4n) is 3.19. The van der Waals surface area contributed by atoms with Crippen LogP contribution >= 0.6 is 24.0 Å². The van der Waals surface area contributed by atoms with Gasteiger partial charge in [-0.2, -0.15) is 0 Å². The van der Waals surface area contributed by atoms with Crippen LogP contribution in [0.2, 0.25) is 0 Å². The standard InChI is InChI=1S/C22H24FN3O2S2/c23-18-7-9-19(10-8-18)24-20(27)15-25-11-4-12-26(14-13-25)21(28)16-30-22(29)17-5-2-1-3-6-17/h1-3,5-10H,4,11-16H2,(H,24,27). The highest BCUT2D eigenvalue weighted by molar-refractivity contribution is 8.24. The van der Waals surface area contributed by atoms with Crippen LogP contribution in [0.1, 0.15) is 12.0 Å². The van der Waals surface area contributed by atoms with Gasteiger partial charge in [-0.15, -0.1) is 11.8 Å². The number of hydrogen-bond acceptors (Lipinski definition) is 5.